The summed E-state index contributed by atoms with van der Waals surface area (Å²) in [6, 6.07) is 1.94. The molecule has 126 valence electrons. The zero-order chi connectivity index (χ0) is 16.7. The highest BCUT2D eigenvalue weighted by Gasteiger charge is 2.08. The Labute approximate surface area is 137 Å². The SMILES string of the molecule is CN=C(NCCCn1cccn1)NCCc1c(C)nn(C)c1C. The Bertz CT molecular complexity index is 625. The maximum atomic E-state index is 4.45. The van der Waals surface area contributed by atoms with E-state index in [1.54, 1.807) is 13.2 Å². The van der Waals surface area contributed by atoms with Crippen molar-refractivity contribution in [2.45, 2.75) is 33.2 Å². The van der Waals surface area contributed by atoms with E-state index in [1.807, 2.05) is 28.7 Å². The average molecular weight is 317 g/mol. The van der Waals surface area contributed by atoms with Crippen LogP contribution in [0, 0.1) is 13.8 Å². The quantitative estimate of drug-likeness (QED) is 0.454. The summed E-state index contributed by atoms with van der Waals surface area (Å²) in [6.07, 6.45) is 5.73. The molecule has 2 aromatic rings. The Hall–Kier alpha value is -2.31. The molecule has 0 radical (unpaired) electrons. The molecule has 0 fully saturated rings. The molecule has 0 spiro atoms. The highest BCUT2D eigenvalue weighted by atomic mass is 15.3. The second kappa shape index (κ2) is 8.36. The van der Waals surface area contributed by atoms with Gasteiger partial charge in [-0.3, -0.25) is 14.4 Å². The van der Waals surface area contributed by atoms with Crippen molar-refractivity contribution in [3.05, 3.63) is 35.4 Å². The van der Waals surface area contributed by atoms with Gasteiger partial charge in [-0.2, -0.15) is 10.2 Å². The van der Waals surface area contributed by atoms with Crippen LogP contribution in [0.3, 0.4) is 0 Å². The number of rotatable bonds is 7. The van der Waals surface area contributed by atoms with Crippen molar-refractivity contribution in [1.29, 1.82) is 0 Å². The topological polar surface area (TPSA) is 72.1 Å². The zero-order valence-electron chi connectivity index (χ0n) is 14.5. The Kier molecular flexibility index (Phi) is 6.19. The minimum Gasteiger partial charge on any atom is -0.356 e. The molecule has 7 heteroatoms. The Morgan fingerprint density at radius 2 is 2.04 bits per heavy atom. The summed E-state index contributed by atoms with van der Waals surface area (Å²) in [7, 11) is 3.78. The molecule has 0 aromatic carbocycles. The first kappa shape index (κ1) is 17.1. The number of aliphatic imine (C=N–C) groups is 1. The van der Waals surface area contributed by atoms with E-state index in [2.05, 4.69) is 39.7 Å². The predicted octanol–water partition coefficient (Wildman–Crippen LogP) is 1.03. The summed E-state index contributed by atoms with van der Waals surface area (Å²) in [4.78, 5) is 4.26. The number of nitrogens with zero attached hydrogens (tertiary/aromatic N) is 5. The van der Waals surface area contributed by atoms with E-state index in [1.165, 1.54) is 11.3 Å². The zero-order valence-corrected chi connectivity index (χ0v) is 14.5. The molecule has 7 nitrogen and oxygen atoms in total. The van der Waals surface area contributed by atoms with Crippen molar-refractivity contribution in [3.8, 4) is 0 Å². The van der Waals surface area contributed by atoms with Gasteiger partial charge in [-0.05, 0) is 38.3 Å². The van der Waals surface area contributed by atoms with Gasteiger partial charge in [-0.15, -0.1) is 0 Å². The summed E-state index contributed by atoms with van der Waals surface area (Å²) in [6.45, 7) is 6.78. The Morgan fingerprint density at radius 3 is 2.65 bits per heavy atom. The van der Waals surface area contributed by atoms with E-state index in [-0.39, 0.29) is 0 Å². The van der Waals surface area contributed by atoms with Gasteiger partial charge in [-0.25, -0.2) is 0 Å². The van der Waals surface area contributed by atoms with Crippen molar-refractivity contribution in [2.75, 3.05) is 20.1 Å². The molecule has 0 aliphatic carbocycles. The molecular formula is C16H27N7. The third kappa shape index (κ3) is 4.84. The summed E-state index contributed by atoms with van der Waals surface area (Å²) < 4.78 is 3.87. The van der Waals surface area contributed by atoms with E-state index in [0.717, 1.165) is 44.1 Å². The van der Waals surface area contributed by atoms with Crippen LogP contribution >= 0.6 is 0 Å². The molecule has 23 heavy (non-hydrogen) atoms. The molecule has 2 heterocycles. The lowest BCUT2D eigenvalue weighted by molar-refractivity contribution is 0.570. The van der Waals surface area contributed by atoms with Crippen LogP contribution in [-0.2, 0) is 20.0 Å². The van der Waals surface area contributed by atoms with Gasteiger partial charge in [0.15, 0.2) is 5.96 Å². The third-order valence-corrected chi connectivity index (χ3v) is 3.97. The summed E-state index contributed by atoms with van der Waals surface area (Å²) in [5, 5.41) is 15.3. The molecule has 0 aliphatic heterocycles. The van der Waals surface area contributed by atoms with Crippen molar-refractivity contribution >= 4 is 5.96 Å². The lowest BCUT2D eigenvalue weighted by Crippen LogP contribution is -2.39. The molecule has 0 saturated carbocycles. The highest BCUT2D eigenvalue weighted by molar-refractivity contribution is 5.79. The first-order chi connectivity index (χ1) is 11.1. The van der Waals surface area contributed by atoms with Crippen LogP contribution in [0.15, 0.2) is 23.5 Å². The lowest BCUT2D eigenvalue weighted by Gasteiger charge is -2.12. The Morgan fingerprint density at radius 1 is 1.26 bits per heavy atom. The lowest BCUT2D eigenvalue weighted by atomic mass is 10.1. The normalized spacial score (nSPS) is 11.7. The molecule has 0 saturated heterocycles. The van der Waals surface area contributed by atoms with Gasteiger partial charge in [0.05, 0.1) is 5.69 Å². The second-order valence-corrected chi connectivity index (χ2v) is 5.57. The van der Waals surface area contributed by atoms with E-state index >= 15 is 0 Å². The van der Waals surface area contributed by atoms with Crippen molar-refractivity contribution in [1.82, 2.24) is 30.2 Å². The van der Waals surface area contributed by atoms with E-state index in [9.17, 15) is 0 Å². The number of hydrogen-bond acceptors (Lipinski definition) is 3. The fourth-order valence-electron chi connectivity index (χ4n) is 2.59. The van der Waals surface area contributed by atoms with Crippen molar-refractivity contribution < 1.29 is 0 Å². The molecule has 0 aliphatic rings. The van der Waals surface area contributed by atoms with Crippen LogP contribution in [0.4, 0.5) is 0 Å². The van der Waals surface area contributed by atoms with Crippen LogP contribution in [0.25, 0.3) is 0 Å². The van der Waals surface area contributed by atoms with Gasteiger partial charge < -0.3 is 10.6 Å². The molecule has 0 amide bonds. The van der Waals surface area contributed by atoms with Gasteiger partial charge in [0.1, 0.15) is 0 Å². The van der Waals surface area contributed by atoms with Gasteiger partial charge in [0, 0.05) is 51.8 Å². The van der Waals surface area contributed by atoms with Crippen LogP contribution < -0.4 is 10.6 Å². The van der Waals surface area contributed by atoms with Crippen LogP contribution in [0.1, 0.15) is 23.4 Å². The number of guanidine groups is 1. The van der Waals surface area contributed by atoms with Gasteiger partial charge >= 0.3 is 0 Å². The van der Waals surface area contributed by atoms with Gasteiger partial charge in [-0.1, -0.05) is 0 Å². The summed E-state index contributed by atoms with van der Waals surface area (Å²) in [5.74, 6) is 0.838. The predicted molar refractivity (Wildman–Crippen MR) is 92.6 cm³/mol. The molecule has 0 bridgehead atoms. The van der Waals surface area contributed by atoms with E-state index in [4.69, 9.17) is 0 Å². The number of aryl methyl sites for hydroxylation is 3. The molecule has 0 atom stereocenters. The fourth-order valence-corrected chi connectivity index (χ4v) is 2.59. The second-order valence-electron chi connectivity index (χ2n) is 5.57. The average Bonchev–Trinajstić information content (AvgIpc) is 3.13. The molecule has 2 rings (SSSR count). The van der Waals surface area contributed by atoms with Crippen LogP contribution in [0.5, 0.6) is 0 Å². The van der Waals surface area contributed by atoms with Crippen molar-refractivity contribution in [3.63, 3.8) is 0 Å². The maximum absolute atomic E-state index is 4.45. The van der Waals surface area contributed by atoms with Gasteiger partial charge in [0.2, 0.25) is 0 Å². The van der Waals surface area contributed by atoms with E-state index < -0.39 is 0 Å². The van der Waals surface area contributed by atoms with Crippen LogP contribution in [0.2, 0.25) is 0 Å². The van der Waals surface area contributed by atoms with Crippen LogP contribution in [-0.4, -0.2) is 45.7 Å². The minimum absolute atomic E-state index is 0.838. The molecular weight excluding hydrogens is 290 g/mol. The maximum Gasteiger partial charge on any atom is 0.190 e. The standard InChI is InChI=1S/C16H27N7/c1-13-15(14(2)22(4)21-13)7-10-19-16(17-3)18-8-5-11-23-12-6-9-20-23/h6,9,12H,5,7-8,10-11H2,1-4H3,(H2,17,18,19). The third-order valence-electron chi connectivity index (χ3n) is 3.97. The monoisotopic (exact) mass is 317 g/mol. The summed E-state index contributed by atoms with van der Waals surface area (Å²) >= 11 is 0. The summed E-state index contributed by atoms with van der Waals surface area (Å²) in [5.41, 5.74) is 3.65. The molecule has 2 N–H and O–H groups in total. The fraction of sp³-hybridized carbons (Fsp3) is 0.562. The molecule has 0 unspecified atom stereocenters. The van der Waals surface area contributed by atoms with Crippen molar-refractivity contribution in [2.24, 2.45) is 12.0 Å². The minimum atomic E-state index is 0.838. The van der Waals surface area contributed by atoms with E-state index in [0.29, 0.717) is 0 Å². The number of aromatic nitrogens is 4. The first-order valence-electron chi connectivity index (χ1n) is 8.03. The highest BCUT2D eigenvalue weighted by Crippen LogP contribution is 2.11. The largest absolute Gasteiger partial charge is 0.356 e. The molecule has 2 aromatic heterocycles. The number of hydrogen-bond donors (Lipinski definition) is 2. The number of nitrogens with one attached hydrogen (secondary N) is 2. The first-order valence-corrected chi connectivity index (χ1v) is 8.03. The van der Waals surface area contributed by atoms with Gasteiger partial charge in [0.25, 0.3) is 0 Å². The smallest absolute Gasteiger partial charge is 0.190 e. The Balaban J connectivity index is 1.68.